The molecule has 1 nitrogen and oxygen atoms in total. The van der Waals surface area contributed by atoms with Crippen LogP contribution in [0.3, 0.4) is 0 Å². The summed E-state index contributed by atoms with van der Waals surface area (Å²) in [5, 5.41) is 0. The van der Waals surface area contributed by atoms with E-state index in [4.69, 9.17) is 4.74 Å². The minimum Gasteiger partial charge on any atom is -0.378 e. The number of hydrogen-bond donors (Lipinski definition) is 0. The van der Waals surface area contributed by atoms with Crippen molar-refractivity contribution in [2.75, 3.05) is 7.11 Å². The highest BCUT2D eigenvalue weighted by molar-refractivity contribution is 4.81. The Labute approximate surface area is 83.9 Å². The topological polar surface area (TPSA) is 9.23 Å². The summed E-state index contributed by atoms with van der Waals surface area (Å²) in [6, 6.07) is 0. The van der Waals surface area contributed by atoms with Crippen molar-refractivity contribution in [3.05, 3.63) is 0 Å². The molecule has 0 aliphatic carbocycles. The molecule has 0 aliphatic rings. The molecule has 13 heavy (non-hydrogen) atoms. The molecule has 80 valence electrons. The van der Waals surface area contributed by atoms with Crippen LogP contribution < -0.4 is 0 Å². The van der Waals surface area contributed by atoms with Gasteiger partial charge in [-0.25, -0.2) is 0 Å². The van der Waals surface area contributed by atoms with Crippen molar-refractivity contribution in [3.8, 4) is 0 Å². The van der Waals surface area contributed by atoms with Crippen molar-refractivity contribution in [1.29, 1.82) is 0 Å². The number of rotatable bonds is 6. The normalized spacial score (nSPS) is 12.9. The summed E-state index contributed by atoms with van der Waals surface area (Å²) in [5.74, 6) is 1.44. The summed E-state index contributed by atoms with van der Waals surface area (Å²) < 4.78 is 5.71. The second-order valence-corrected chi connectivity index (χ2v) is 4.94. The summed E-state index contributed by atoms with van der Waals surface area (Å²) in [5.41, 5.74) is 0.127. The summed E-state index contributed by atoms with van der Waals surface area (Å²) >= 11 is 0. The molecule has 0 amide bonds. The van der Waals surface area contributed by atoms with E-state index in [1.807, 2.05) is 7.11 Å². The average molecular weight is 186 g/mol. The number of hydrogen-bond acceptors (Lipinski definition) is 1. The Morgan fingerprint density at radius 3 is 1.54 bits per heavy atom. The van der Waals surface area contributed by atoms with Crippen LogP contribution in [0.4, 0.5) is 0 Å². The molecule has 0 unspecified atom stereocenters. The van der Waals surface area contributed by atoms with Gasteiger partial charge in [0.25, 0.3) is 0 Å². The van der Waals surface area contributed by atoms with E-state index in [0.29, 0.717) is 0 Å². The van der Waals surface area contributed by atoms with E-state index < -0.39 is 0 Å². The van der Waals surface area contributed by atoms with Crippen LogP contribution in [0.15, 0.2) is 0 Å². The fourth-order valence-corrected chi connectivity index (χ4v) is 2.17. The fraction of sp³-hybridized carbons (Fsp3) is 1.00. The molecule has 0 heterocycles. The van der Waals surface area contributed by atoms with Crippen LogP contribution in [0.25, 0.3) is 0 Å². The quantitative estimate of drug-likeness (QED) is 0.612. The van der Waals surface area contributed by atoms with Crippen LogP contribution in [0.5, 0.6) is 0 Å². The van der Waals surface area contributed by atoms with Crippen molar-refractivity contribution >= 4 is 0 Å². The first-order valence-electron chi connectivity index (χ1n) is 5.51. The van der Waals surface area contributed by atoms with Crippen molar-refractivity contribution < 1.29 is 4.74 Å². The maximum Gasteiger partial charge on any atom is 0.0681 e. The van der Waals surface area contributed by atoms with Crippen LogP contribution in [0.2, 0.25) is 0 Å². The van der Waals surface area contributed by atoms with Crippen molar-refractivity contribution in [1.82, 2.24) is 0 Å². The van der Waals surface area contributed by atoms with Gasteiger partial charge in [0.2, 0.25) is 0 Å². The van der Waals surface area contributed by atoms with E-state index in [1.165, 1.54) is 12.8 Å². The van der Waals surface area contributed by atoms with Gasteiger partial charge >= 0.3 is 0 Å². The molecule has 0 atom stereocenters. The Morgan fingerprint density at radius 1 is 1.00 bits per heavy atom. The van der Waals surface area contributed by atoms with Gasteiger partial charge in [-0.2, -0.15) is 0 Å². The lowest BCUT2D eigenvalue weighted by atomic mass is 9.83. The molecule has 0 aromatic rings. The van der Waals surface area contributed by atoms with Crippen molar-refractivity contribution in [3.63, 3.8) is 0 Å². The van der Waals surface area contributed by atoms with Gasteiger partial charge in [0.05, 0.1) is 5.60 Å². The molecule has 0 saturated heterocycles. The number of ether oxygens (including phenoxy) is 1. The van der Waals surface area contributed by atoms with Crippen LogP contribution in [0.1, 0.15) is 53.9 Å². The van der Waals surface area contributed by atoms with Gasteiger partial charge in [-0.05, 0) is 31.1 Å². The van der Waals surface area contributed by atoms with E-state index in [1.54, 1.807) is 0 Å². The minimum absolute atomic E-state index is 0.127. The Morgan fingerprint density at radius 2 is 1.38 bits per heavy atom. The Kier molecular flexibility index (Phi) is 5.62. The Balaban J connectivity index is 4.30. The van der Waals surface area contributed by atoms with Gasteiger partial charge in [0.15, 0.2) is 0 Å². The summed E-state index contributed by atoms with van der Waals surface area (Å²) in [6.07, 6.45) is 3.48. The first-order valence-corrected chi connectivity index (χ1v) is 5.51. The predicted molar refractivity (Wildman–Crippen MR) is 58.9 cm³/mol. The molecule has 0 aliphatic heterocycles. The van der Waals surface area contributed by atoms with Gasteiger partial charge in [-0.3, -0.25) is 0 Å². The molecule has 0 N–H and O–H groups in total. The Hall–Kier alpha value is -0.0400. The fourth-order valence-electron chi connectivity index (χ4n) is 2.17. The average Bonchev–Trinajstić information content (AvgIpc) is 2.01. The van der Waals surface area contributed by atoms with Crippen molar-refractivity contribution in [2.24, 2.45) is 11.8 Å². The lowest BCUT2D eigenvalue weighted by Gasteiger charge is -2.34. The van der Waals surface area contributed by atoms with Gasteiger partial charge in [0, 0.05) is 7.11 Å². The molecule has 0 radical (unpaired) electrons. The molecular formula is C12H26O. The first kappa shape index (κ1) is 13.0. The van der Waals surface area contributed by atoms with E-state index in [2.05, 4.69) is 34.6 Å². The van der Waals surface area contributed by atoms with Gasteiger partial charge in [-0.1, -0.05) is 34.6 Å². The molecule has 0 fully saturated rings. The lowest BCUT2D eigenvalue weighted by molar-refractivity contribution is -0.0448. The van der Waals surface area contributed by atoms with E-state index in [-0.39, 0.29) is 5.60 Å². The van der Waals surface area contributed by atoms with E-state index in [9.17, 15) is 0 Å². The van der Waals surface area contributed by atoms with Crippen LogP contribution >= 0.6 is 0 Å². The highest BCUT2D eigenvalue weighted by atomic mass is 16.5. The minimum atomic E-state index is 0.127. The van der Waals surface area contributed by atoms with Gasteiger partial charge in [-0.15, -0.1) is 0 Å². The molecule has 1 heteroatoms. The SMILES string of the molecule is CCC(CC(C)C)(CC(C)C)OC. The second-order valence-electron chi connectivity index (χ2n) is 4.94. The standard InChI is InChI=1S/C12H26O/c1-7-12(13-6,8-10(2)3)9-11(4)5/h10-11H,7-9H2,1-6H3. The van der Waals surface area contributed by atoms with Gasteiger partial charge in [0.1, 0.15) is 0 Å². The van der Waals surface area contributed by atoms with E-state index >= 15 is 0 Å². The predicted octanol–water partition coefficient (Wildman–Crippen LogP) is 3.87. The molecule has 0 aromatic carbocycles. The monoisotopic (exact) mass is 186 g/mol. The summed E-state index contributed by atoms with van der Waals surface area (Å²) in [4.78, 5) is 0. The highest BCUT2D eigenvalue weighted by Crippen LogP contribution is 2.31. The molecule has 0 aromatic heterocycles. The van der Waals surface area contributed by atoms with E-state index in [0.717, 1.165) is 18.3 Å². The third-order valence-corrected chi connectivity index (χ3v) is 2.64. The molecule has 0 saturated carbocycles. The number of methoxy groups -OCH3 is 1. The molecule has 0 bridgehead atoms. The highest BCUT2D eigenvalue weighted by Gasteiger charge is 2.29. The maximum absolute atomic E-state index is 5.71. The zero-order valence-corrected chi connectivity index (χ0v) is 10.2. The summed E-state index contributed by atoms with van der Waals surface area (Å²) in [7, 11) is 1.86. The van der Waals surface area contributed by atoms with Gasteiger partial charge < -0.3 is 4.74 Å². The maximum atomic E-state index is 5.71. The van der Waals surface area contributed by atoms with Crippen molar-refractivity contribution in [2.45, 2.75) is 59.5 Å². The largest absolute Gasteiger partial charge is 0.378 e. The third kappa shape index (κ3) is 4.66. The smallest absolute Gasteiger partial charge is 0.0681 e. The zero-order valence-electron chi connectivity index (χ0n) is 10.2. The zero-order chi connectivity index (χ0) is 10.5. The van der Waals surface area contributed by atoms with Crippen LogP contribution in [0, 0.1) is 11.8 Å². The summed E-state index contributed by atoms with van der Waals surface area (Å²) in [6.45, 7) is 11.3. The molecule has 0 rings (SSSR count). The van der Waals surface area contributed by atoms with Crippen LogP contribution in [-0.4, -0.2) is 12.7 Å². The van der Waals surface area contributed by atoms with Crippen LogP contribution in [-0.2, 0) is 4.74 Å². The molecule has 0 spiro atoms. The third-order valence-electron chi connectivity index (χ3n) is 2.64. The lowest BCUT2D eigenvalue weighted by Crippen LogP contribution is -2.34. The Bertz CT molecular complexity index is 111. The first-order chi connectivity index (χ1) is 5.95. The molecular weight excluding hydrogens is 160 g/mol. The second kappa shape index (κ2) is 5.64.